The van der Waals surface area contributed by atoms with Crippen LogP contribution < -0.4 is 9.47 Å². The summed E-state index contributed by atoms with van der Waals surface area (Å²) in [7, 11) is 3.24. The number of hydrogen-bond acceptors (Lipinski definition) is 4. The average molecular weight is 524 g/mol. The molecule has 0 saturated carbocycles. The molecule has 2 aromatic heterocycles. The number of benzene rings is 1. The molecule has 0 spiro atoms. The van der Waals surface area contributed by atoms with E-state index < -0.39 is 24.0 Å². The summed E-state index contributed by atoms with van der Waals surface area (Å²) in [4.78, 5) is 4.43. The standard InChI is InChI=1S/C14H14ClN4O2.CH2.Tl/c1-20-13-3-10-11(5-15)18-19(7-9-6-16-8-17-9)12(10)4-14(13)21-2;;/h3-4,6,8H,5,7H2,1-2H3;1H2;/q-1;;+1. The molecule has 6 nitrogen and oxygen atoms in total. The van der Waals surface area contributed by atoms with Gasteiger partial charge in [-0.05, 0) is 0 Å². The van der Waals surface area contributed by atoms with E-state index in [0.717, 1.165) is 22.3 Å². The van der Waals surface area contributed by atoms with Crippen molar-refractivity contribution in [3.8, 4) is 11.5 Å². The van der Waals surface area contributed by atoms with Gasteiger partial charge in [0.25, 0.3) is 0 Å². The van der Waals surface area contributed by atoms with Crippen molar-refractivity contribution in [2.45, 2.75) is 12.4 Å². The van der Waals surface area contributed by atoms with Crippen molar-refractivity contribution in [2.24, 2.45) is 0 Å². The summed E-state index contributed by atoms with van der Waals surface area (Å²) in [5, 5.41) is 5.58. The Morgan fingerprint density at radius 3 is 2.61 bits per heavy atom. The Bertz CT molecular complexity index is 859. The molecule has 0 aliphatic rings. The van der Waals surface area contributed by atoms with Gasteiger partial charge < -0.3 is 0 Å². The fourth-order valence-corrected chi connectivity index (χ4v) is 4.40. The third kappa shape index (κ3) is 3.14. The number of rotatable bonds is 6. The van der Waals surface area contributed by atoms with E-state index in [-0.39, 0.29) is 0 Å². The van der Waals surface area contributed by atoms with Crippen LogP contribution in [-0.2, 0) is 12.4 Å². The molecule has 0 aliphatic carbocycles. The van der Waals surface area contributed by atoms with Gasteiger partial charge in [0, 0.05) is 0 Å². The number of fused-ring (bicyclic) bond motifs is 1. The van der Waals surface area contributed by atoms with Crippen molar-refractivity contribution in [3.63, 3.8) is 0 Å². The normalized spacial score (nSPS) is 10.7. The van der Waals surface area contributed by atoms with Crippen molar-refractivity contribution >= 4 is 50.6 Å². The maximum absolute atomic E-state index is 6.05. The number of alkyl halides is 1. The molecule has 0 fully saturated rings. The fraction of sp³-hybridized carbons (Fsp3) is 0.267. The molecule has 0 aliphatic heterocycles. The number of imidazole rings is 1. The molecule has 23 heavy (non-hydrogen) atoms. The van der Waals surface area contributed by atoms with Crippen LogP contribution in [0.4, 0.5) is 0 Å². The zero-order chi connectivity index (χ0) is 16.4. The number of hydrogen-bond donors (Lipinski definition) is 0. The number of nitrogens with zero attached hydrogens (tertiary/aromatic N) is 4. The molecule has 0 unspecified atom stereocenters. The predicted octanol–water partition coefficient (Wildman–Crippen LogP) is 1.94. The second kappa shape index (κ2) is 7.00. The van der Waals surface area contributed by atoms with Gasteiger partial charge in [-0.15, -0.1) is 0 Å². The SMILES string of the molecule is [CH2]=[Tl][n]1cnc(Cn2nc(CCl)c3cc(OC)c(OC)cc32)c1. The van der Waals surface area contributed by atoms with Gasteiger partial charge in [-0.1, -0.05) is 0 Å². The van der Waals surface area contributed by atoms with Gasteiger partial charge in [-0.25, -0.2) is 0 Å². The van der Waals surface area contributed by atoms with Crippen LogP contribution in [0.5, 0.6) is 11.5 Å². The van der Waals surface area contributed by atoms with Crippen molar-refractivity contribution in [1.29, 1.82) is 0 Å². The van der Waals surface area contributed by atoms with Crippen molar-refractivity contribution < 1.29 is 9.47 Å². The number of ether oxygens (including phenoxy) is 2. The van der Waals surface area contributed by atoms with Crippen LogP contribution in [0.1, 0.15) is 11.4 Å². The first-order chi connectivity index (χ1) is 11.2. The van der Waals surface area contributed by atoms with Crippen molar-refractivity contribution in [1.82, 2.24) is 17.1 Å². The molecule has 2 heterocycles. The molecule has 1 aromatic carbocycles. The van der Waals surface area contributed by atoms with Crippen LogP contribution in [0, 0.1) is 0 Å². The van der Waals surface area contributed by atoms with E-state index in [4.69, 9.17) is 21.1 Å². The zero-order valence-corrected chi connectivity index (χ0v) is 18.2. The van der Waals surface area contributed by atoms with Gasteiger partial charge in [0.05, 0.1) is 0 Å². The molecular formula is C15H16ClN4O2Tl. The zero-order valence-electron chi connectivity index (χ0n) is 13.0. The van der Waals surface area contributed by atoms with Crippen LogP contribution in [0.3, 0.4) is 0 Å². The summed E-state index contributed by atoms with van der Waals surface area (Å²) in [5.41, 5.74) is 2.73. The van der Waals surface area contributed by atoms with E-state index in [9.17, 15) is 0 Å². The molecule has 3 rings (SSSR count). The van der Waals surface area contributed by atoms with Crippen LogP contribution in [0.15, 0.2) is 24.7 Å². The second-order valence-electron chi connectivity index (χ2n) is 4.96. The molecule has 0 saturated heterocycles. The Labute approximate surface area is 151 Å². The maximum atomic E-state index is 6.05. The molecule has 0 N–H and O–H groups in total. The monoisotopic (exact) mass is 524 g/mol. The Morgan fingerprint density at radius 2 is 2.00 bits per heavy atom. The van der Waals surface area contributed by atoms with Crippen molar-refractivity contribution in [2.75, 3.05) is 14.2 Å². The summed E-state index contributed by atoms with van der Waals surface area (Å²) in [6, 6.07) is 3.84. The summed E-state index contributed by atoms with van der Waals surface area (Å²) < 4.78 is 18.8. The number of methoxy groups -OCH3 is 2. The Morgan fingerprint density at radius 1 is 1.26 bits per heavy atom. The first kappa shape index (κ1) is 16.4. The van der Waals surface area contributed by atoms with E-state index in [1.807, 2.05) is 23.1 Å². The minimum absolute atomic E-state index is 0.336. The average Bonchev–Trinajstić information content (AvgIpc) is 3.18. The Hall–Kier alpha value is -1.42. The first-order valence-electron chi connectivity index (χ1n) is 7.02. The molecule has 0 amide bonds. The molecule has 0 bridgehead atoms. The Balaban J connectivity index is 2.10. The summed E-state index contributed by atoms with van der Waals surface area (Å²) in [6.07, 6.45) is 3.91. The Kier molecular flexibility index (Phi) is 5.00. The third-order valence-electron chi connectivity index (χ3n) is 3.64. The van der Waals surface area contributed by atoms with Crippen molar-refractivity contribution in [3.05, 3.63) is 36.0 Å². The fourth-order valence-electron chi connectivity index (χ4n) is 2.50. The molecule has 3 aromatic rings. The van der Waals surface area contributed by atoms with Gasteiger partial charge in [0.1, 0.15) is 0 Å². The minimum atomic E-state index is -1.10. The molecule has 8 heteroatoms. The number of halogens is 1. The molecular weight excluding hydrogens is 508 g/mol. The van der Waals surface area contributed by atoms with E-state index in [1.165, 1.54) is 0 Å². The first-order valence-corrected chi connectivity index (χ1v) is 12.7. The van der Waals surface area contributed by atoms with Gasteiger partial charge in [0.2, 0.25) is 0 Å². The van der Waals surface area contributed by atoms with Gasteiger partial charge >= 0.3 is 151 Å². The van der Waals surface area contributed by atoms with Gasteiger partial charge in [-0.3, -0.25) is 0 Å². The topological polar surface area (TPSA) is 54.1 Å². The van der Waals surface area contributed by atoms with E-state index >= 15 is 0 Å². The van der Waals surface area contributed by atoms with Crippen LogP contribution in [0.2, 0.25) is 0 Å². The van der Waals surface area contributed by atoms with Crippen LogP contribution in [-0.4, -0.2) is 59.5 Å². The molecule has 118 valence electrons. The third-order valence-corrected chi connectivity index (χ3v) is 6.63. The summed E-state index contributed by atoms with van der Waals surface area (Å²) in [6.45, 7) is 0.585. The number of aromatic nitrogens is 4. The van der Waals surface area contributed by atoms with E-state index in [0.29, 0.717) is 23.9 Å². The quantitative estimate of drug-likeness (QED) is 0.366. The van der Waals surface area contributed by atoms with Gasteiger partial charge in [-0.2, -0.15) is 0 Å². The van der Waals surface area contributed by atoms with E-state index in [1.54, 1.807) is 14.2 Å². The predicted molar refractivity (Wildman–Crippen MR) is 92.0 cm³/mol. The molecule has 0 radical (unpaired) electrons. The molecule has 0 atom stereocenters. The van der Waals surface area contributed by atoms with Crippen LogP contribution in [0.25, 0.3) is 10.9 Å². The van der Waals surface area contributed by atoms with Gasteiger partial charge in [0.15, 0.2) is 0 Å². The van der Waals surface area contributed by atoms with E-state index in [2.05, 4.69) is 22.7 Å². The van der Waals surface area contributed by atoms with Crippen LogP contribution >= 0.6 is 11.6 Å². The second-order valence-corrected chi connectivity index (χ2v) is 8.96. The summed E-state index contributed by atoms with van der Waals surface area (Å²) >= 11 is 4.95. The summed E-state index contributed by atoms with van der Waals surface area (Å²) in [5.74, 6) is 1.67.